The smallest absolute Gasteiger partial charge is 0.277 e. The molecule has 6 nitrogen and oxygen atoms in total. The van der Waals surface area contributed by atoms with Gasteiger partial charge in [0.15, 0.2) is 0 Å². The molecule has 0 amide bonds. The van der Waals surface area contributed by atoms with Gasteiger partial charge in [0.05, 0.1) is 16.3 Å². The summed E-state index contributed by atoms with van der Waals surface area (Å²) in [6.07, 6.45) is 2.42. The molecule has 0 atom stereocenters. The zero-order chi connectivity index (χ0) is 15.8. The number of aromatic nitrogens is 5. The molecule has 0 unspecified atom stereocenters. The van der Waals surface area contributed by atoms with E-state index in [-0.39, 0.29) is 0 Å². The fourth-order valence-corrected chi connectivity index (χ4v) is 3.29. The fourth-order valence-electron chi connectivity index (χ4n) is 2.34. The molecule has 1 saturated carbocycles. The Bertz CT molecular complexity index is 842. The Kier molecular flexibility index (Phi) is 3.82. The van der Waals surface area contributed by atoms with E-state index in [0.29, 0.717) is 27.8 Å². The lowest BCUT2D eigenvalue weighted by molar-refractivity contribution is 0.465. The lowest BCUT2D eigenvalue weighted by atomic mass is 10.2. The molecule has 0 aliphatic heterocycles. The number of benzene rings is 1. The first-order valence-electron chi connectivity index (χ1n) is 7.31. The third-order valence-corrected chi connectivity index (χ3v) is 4.92. The molecule has 0 radical (unpaired) electrons. The van der Waals surface area contributed by atoms with Gasteiger partial charge >= 0.3 is 0 Å². The summed E-state index contributed by atoms with van der Waals surface area (Å²) in [7, 11) is 2.01. The maximum Gasteiger partial charge on any atom is 0.277 e. The highest BCUT2D eigenvalue weighted by molar-refractivity contribution is 7.98. The van der Waals surface area contributed by atoms with Gasteiger partial charge in [-0.2, -0.15) is 0 Å². The minimum atomic E-state index is 0.426. The van der Waals surface area contributed by atoms with E-state index in [1.807, 2.05) is 25.2 Å². The lowest BCUT2D eigenvalue weighted by Crippen LogP contribution is -2.00. The second-order valence-corrected chi connectivity index (χ2v) is 6.78. The molecule has 8 heteroatoms. The number of nitrogens with zero attached hydrogens (tertiary/aromatic N) is 5. The maximum absolute atomic E-state index is 6.14. The molecule has 3 aromatic rings. The second-order valence-electron chi connectivity index (χ2n) is 5.45. The Hall–Kier alpha value is -1.86. The Balaban J connectivity index is 1.47. The van der Waals surface area contributed by atoms with Gasteiger partial charge in [0.1, 0.15) is 11.6 Å². The quantitative estimate of drug-likeness (QED) is 0.655. The minimum absolute atomic E-state index is 0.426. The zero-order valence-electron chi connectivity index (χ0n) is 12.4. The predicted octanol–water partition coefficient (Wildman–Crippen LogP) is 3.69. The van der Waals surface area contributed by atoms with Gasteiger partial charge in [-0.3, -0.25) is 0 Å². The summed E-state index contributed by atoms with van der Waals surface area (Å²) in [4.78, 5) is 0. The van der Waals surface area contributed by atoms with Crippen LogP contribution in [0.5, 0.6) is 0 Å². The van der Waals surface area contributed by atoms with Gasteiger partial charge in [-0.05, 0) is 25.0 Å². The van der Waals surface area contributed by atoms with Crippen LogP contribution in [-0.4, -0.2) is 25.0 Å². The van der Waals surface area contributed by atoms with E-state index in [0.717, 1.165) is 17.2 Å². The van der Waals surface area contributed by atoms with Crippen LogP contribution in [0, 0.1) is 0 Å². The van der Waals surface area contributed by atoms with Gasteiger partial charge in [0.2, 0.25) is 5.89 Å². The predicted molar refractivity (Wildman–Crippen MR) is 87.3 cm³/mol. The maximum atomic E-state index is 6.14. The van der Waals surface area contributed by atoms with Crippen molar-refractivity contribution in [1.82, 2.24) is 25.0 Å². The number of thioether (sulfide) groups is 1. The van der Waals surface area contributed by atoms with E-state index >= 15 is 0 Å². The van der Waals surface area contributed by atoms with Crippen molar-refractivity contribution in [2.75, 3.05) is 0 Å². The van der Waals surface area contributed by atoms with Gasteiger partial charge in [-0.1, -0.05) is 35.5 Å². The van der Waals surface area contributed by atoms with Crippen molar-refractivity contribution in [3.63, 3.8) is 0 Å². The molecule has 0 bridgehead atoms. The van der Waals surface area contributed by atoms with E-state index in [9.17, 15) is 0 Å². The SMILES string of the molecule is Cn1c(CSc2nnc(-c3ccccc3Cl)o2)nnc1C1CC1. The number of hydrogen-bond donors (Lipinski definition) is 0. The molecule has 23 heavy (non-hydrogen) atoms. The van der Waals surface area contributed by atoms with Crippen LogP contribution in [-0.2, 0) is 12.8 Å². The van der Waals surface area contributed by atoms with Gasteiger partial charge in [-0.15, -0.1) is 20.4 Å². The Morgan fingerprint density at radius 2 is 2.04 bits per heavy atom. The molecule has 0 saturated heterocycles. The molecule has 2 aromatic heterocycles. The molecule has 1 fully saturated rings. The molecular formula is C15H14ClN5OS. The van der Waals surface area contributed by atoms with Crippen molar-refractivity contribution in [2.45, 2.75) is 29.7 Å². The molecule has 1 aromatic carbocycles. The van der Waals surface area contributed by atoms with E-state index in [2.05, 4.69) is 25.0 Å². The summed E-state index contributed by atoms with van der Waals surface area (Å²) in [6, 6.07) is 7.41. The summed E-state index contributed by atoms with van der Waals surface area (Å²) in [5, 5.41) is 17.7. The average molecular weight is 348 g/mol. The van der Waals surface area contributed by atoms with Gasteiger partial charge < -0.3 is 8.98 Å². The van der Waals surface area contributed by atoms with Crippen LogP contribution >= 0.6 is 23.4 Å². The largest absolute Gasteiger partial charge is 0.411 e. The van der Waals surface area contributed by atoms with E-state index < -0.39 is 0 Å². The summed E-state index contributed by atoms with van der Waals surface area (Å²) in [5.41, 5.74) is 0.739. The third kappa shape index (κ3) is 2.98. The Labute approximate surface area is 142 Å². The standard InChI is InChI=1S/C15H14ClN5OS/c1-21-12(17-18-13(21)9-6-7-9)8-23-15-20-19-14(22-15)10-4-2-3-5-11(10)16/h2-5,9H,6-8H2,1H3. The van der Waals surface area contributed by atoms with Crippen molar-refractivity contribution in [2.24, 2.45) is 7.05 Å². The van der Waals surface area contributed by atoms with Crippen LogP contribution < -0.4 is 0 Å². The van der Waals surface area contributed by atoms with Crippen molar-refractivity contribution in [1.29, 1.82) is 0 Å². The van der Waals surface area contributed by atoms with Gasteiger partial charge in [-0.25, -0.2) is 0 Å². The molecule has 4 rings (SSSR count). The van der Waals surface area contributed by atoms with Crippen LogP contribution in [0.2, 0.25) is 5.02 Å². The summed E-state index contributed by atoms with van der Waals surface area (Å²) >= 11 is 7.59. The fraction of sp³-hybridized carbons (Fsp3) is 0.333. The van der Waals surface area contributed by atoms with Crippen LogP contribution in [0.1, 0.15) is 30.4 Å². The molecular weight excluding hydrogens is 334 g/mol. The second kappa shape index (κ2) is 5.98. The molecule has 1 aliphatic carbocycles. The summed E-state index contributed by atoms with van der Waals surface area (Å²) in [5.74, 6) is 3.63. The van der Waals surface area contributed by atoms with Crippen molar-refractivity contribution in [3.05, 3.63) is 40.9 Å². The van der Waals surface area contributed by atoms with Gasteiger partial charge in [0.25, 0.3) is 5.22 Å². The molecule has 1 aliphatic rings. The number of halogens is 1. The van der Waals surface area contributed by atoms with Crippen LogP contribution in [0.4, 0.5) is 0 Å². The first-order chi connectivity index (χ1) is 11.2. The van der Waals surface area contributed by atoms with Crippen LogP contribution in [0.3, 0.4) is 0 Å². The normalized spacial score (nSPS) is 14.3. The van der Waals surface area contributed by atoms with E-state index in [1.165, 1.54) is 24.6 Å². The Morgan fingerprint density at radius 3 is 2.83 bits per heavy atom. The average Bonchev–Trinajstić information content (AvgIpc) is 3.17. The van der Waals surface area contributed by atoms with Crippen LogP contribution in [0.15, 0.2) is 33.9 Å². The third-order valence-electron chi connectivity index (χ3n) is 3.78. The minimum Gasteiger partial charge on any atom is -0.411 e. The summed E-state index contributed by atoms with van der Waals surface area (Å²) < 4.78 is 7.74. The number of hydrogen-bond acceptors (Lipinski definition) is 6. The highest BCUT2D eigenvalue weighted by atomic mass is 35.5. The van der Waals surface area contributed by atoms with Crippen LogP contribution in [0.25, 0.3) is 11.5 Å². The van der Waals surface area contributed by atoms with Gasteiger partial charge in [0, 0.05) is 13.0 Å². The topological polar surface area (TPSA) is 69.6 Å². The highest BCUT2D eigenvalue weighted by Gasteiger charge is 2.29. The first kappa shape index (κ1) is 14.7. The monoisotopic (exact) mass is 347 g/mol. The van der Waals surface area contributed by atoms with E-state index in [4.69, 9.17) is 16.0 Å². The number of rotatable bonds is 5. The van der Waals surface area contributed by atoms with Crippen molar-refractivity contribution < 1.29 is 4.42 Å². The van der Waals surface area contributed by atoms with Crippen molar-refractivity contribution >= 4 is 23.4 Å². The highest BCUT2D eigenvalue weighted by Crippen LogP contribution is 2.39. The van der Waals surface area contributed by atoms with Crippen molar-refractivity contribution in [3.8, 4) is 11.5 Å². The summed E-state index contributed by atoms with van der Waals surface area (Å²) in [6.45, 7) is 0. The Morgan fingerprint density at radius 1 is 1.22 bits per heavy atom. The molecule has 118 valence electrons. The molecule has 2 heterocycles. The van der Waals surface area contributed by atoms with E-state index in [1.54, 1.807) is 6.07 Å². The molecule has 0 spiro atoms. The first-order valence-corrected chi connectivity index (χ1v) is 8.68. The zero-order valence-corrected chi connectivity index (χ0v) is 14.0. The lowest BCUT2D eigenvalue weighted by Gasteiger charge is -2.01. The molecule has 0 N–H and O–H groups in total.